The van der Waals surface area contributed by atoms with Gasteiger partial charge >= 0.3 is 0 Å². The van der Waals surface area contributed by atoms with Crippen molar-refractivity contribution in [1.29, 1.82) is 0 Å². The van der Waals surface area contributed by atoms with Crippen molar-refractivity contribution in [3.63, 3.8) is 0 Å². The molecule has 98 valence electrons. The molecule has 0 atom stereocenters. The monoisotopic (exact) mass is 313 g/mol. The van der Waals surface area contributed by atoms with Gasteiger partial charge in [0.05, 0.1) is 11.0 Å². The number of hydrogen-bond donors (Lipinski definition) is 1. The second kappa shape index (κ2) is 5.85. The molecule has 0 amide bonds. The number of benzene rings is 1. The third-order valence-corrected chi connectivity index (χ3v) is 3.59. The molecule has 0 bridgehead atoms. The molecule has 0 spiro atoms. The van der Waals surface area contributed by atoms with Gasteiger partial charge in [0.15, 0.2) is 0 Å². The molecule has 4 heteroatoms. The summed E-state index contributed by atoms with van der Waals surface area (Å²) in [4.78, 5) is 0. The van der Waals surface area contributed by atoms with Gasteiger partial charge in [0, 0.05) is 17.0 Å². The second-order valence-corrected chi connectivity index (χ2v) is 5.15. The largest absolute Gasteiger partial charge is 0.459 e. The molecule has 18 heavy (non-hydrogen) atoms. The van der Waals surface area contributed by atoms with Crippen molar-refractivity contribution in [2.24, 2.45) is 0 Å². The van der Waals surface area contributed by atoms with Crippen LogP contribution in [0.25, 0.3) is 11.0 Å². The highest BCUT2D eigenvalue weighted by molar-refractivity contribution is 9.10. The van der Waals surface area contributed by atoms with E-state index >= 15 is 0 Å². The van der Waals surface area contributed by atoms with E-state index in [1.54, 1.807) is 6.07 Å². The lowest BCUT2D eigenvalue weighted by Gasteiger charge is -2.02. The summed E-state index contributed by atoms with van der Waals surface area (Å²) < 4.78 is 19.7. The lowest BCUT2D eigenvalue weighted by molar-refractivity contribution is 0.506. The van der Waals surface area contributed by atoms with Crippen molar-refractivity contribution < 1.29 is 8.81 Å². The minimum Gasteiger partial charge on any atom is -0.459 e. The molecule has 0 aliphatic carbocycles. The van der Waals surface area contributed by atoms with E-state index in [0.717, 1.165) is 36.1 Å². The molecule has 0 aliphatic rings. The van der Waals surface area contributed by atoms with Crippen LogP contribution < -0.4 is 5.32 Å². The first-order valence-electron chi connectivity index (χ1n) is 6.27. The molecule has 0 unspecified atom stereocenters. The third kappa shape index (κ3) is 2.59. The molecular formula is C14H17BrFNO. The highest BCUT2D eigenvalue weighted by atomic mass is 79.9. The van der Waals surface area contributed by atoms with E-state index in [2.05, 4.69) is 35.1 Å². The zero-order valence-electron chi connectivity index (χ0n) is 10.6. The quantitative estimate of drug-likeness (QED) is 0.828. The number of aryl methyl sites for hydroxylation is 1. The lowest BCUT2D eigenvalue weighted by atomic mass is 10.1. The number of rotatable bonds is 5. The van der Waals surface area contributed by atoms with Gasteiger partial charge in [-0.05, 0) is 41.4 Å². The summed E-state index contributed by atoms with van der Waals surface area (Å²) in [6.45, 7) is 5.87. The Balaban J connectivity index is 2.41. The van der Waals surface area contributed by atoms with E-state index < -0.39 is 0 Å². The molecule has 0 saturated heterocycles. The maximum Gasteiger partial charge on any atom is 0.141 e. The standard InChI is InChI=1S/C14H17BrFNO/c1-3-5-17-8-14-9(4-2)10-6-11(15)12(16)7-13(10)18-14/h6-7,17H,3-5,8H2,1-2H3. The Morgan fingerprint density at radius 2 is 2.11 bits per heavy atom. The minimum absolute atomic E-state index is 0.285. The molecule has 0 fully saturated rings. The van der Waals surface area contributed by atoms with Gasteiger partial charge in [0.25, 0.3) is 0 Å². The fraction of sp³-hybridized carbons (Fsp3) is 0.429. The van der Waals surface area contributed by atoms with Crippen LogP contribution in [0.15, 0.2) is 21.0 Å². The van der Waals surface area contributed by atoms with Crippen molar-refractivity contribution in [2.45, 2.75) is 33.2 Å². The summed E-state index contributed by atoms with van der Waals surface area (Å²) in [6.07, 6.45) is 1.97. The topological polar surface area (TPSA) is 25.2 Å². The van der Waals surface area contributed by atoms with Crippen LogP contribution in [-0.2, 0) is 13.0 Å². The SMILES string of the molecule is CCCNCc1oc2cc(F)c(Br)cc2c1CC. The molecular weight excluding hydrogens is 297 g/mol. The van der Waals surface area contributed by atoms with E-state index in [1.807, 2.05) is 0 Å². The van der Waals surface area contributed by atoms with Crippen LogP contribution in [0.5, 0.6) is 0 Å². The highest BCUT2D eigenvalue weighted by Crippen LogP contribution is 2.30. The van der Waals surface area contributed by atoms with Crippen LogP contribution in [0, 0.1) is 5.82 Å². The zero-order valence-corrected chi connectivity index (χ0v) is 12.2. The summed E-state index contributed by atoms with van der Waals surface area (Å²) in [5.74, 6) is 0.630. The number of furan rings is 1. The summed E-state index contributed by atoms with van der Waals surface area (Å²) in [7, 11) is 0. The Kier molecular flexibility index (Phi) is 4.40. The van der Waals surface area contributed by atoms with Crippen molar-refractivity contribution in [3.8, 4) is 0 Å². The smallest absolute Gasteiger partial charge is 0.141 e. The first-order chi connectivity index (χ1) is 8.67. The van der Waals surface area contributed by atoms with Crippen LogP contribution in [-0.4, -0.2) is 6.54 Å². The molecule has 1 aromatic heterocycles. The van der Waals surface area contributed by atoms with Crippen molar-refractivity contribution in [1.82, 2.24) is 5.32 Å². The van der Waals surface area contributed by atoms with Gasteiger partial charge in [-0.2, -0.15) is 0 Å². The van der Waals surface area contributed by atoms with Gasteiger partial charge in [-0.1, -0.05) is 13.8 Å². The summed E-state index contributed by atoms with van der Waals surface area (Å²) in [6, 6.07) is 3.25. The van der Waals surface area contributed by atoms with E-state index in [4.69, 9.17) is 4.42 Å². The maximum absolute atomic E-state index is 13.5. The summed E-state index contributed by atoms with van der Waals surface area (Å²) in [5, 5.41) is 4.32. The van der Waals surface area contributed by atoms with Gasteiger partial charge in [-0.15, -0.1) is 0 Å². The lowest BCUT2D eigenvalue weighted by Crippen LogP contribution is -2.14. The molecule has 2 nitrogen and oxygen atoms in total. The van der Waals surface area contributed by atoms with Gasteiger partial charge < -0.3 is 9.73 Å². The molecule has 1 N–H and O–H groups in total. The van der Waals surface area contributed by atoms with Gasteiger partial charge in [-0.25, -0.2) is 4.39 Å². The fourth-order valence-corrected chi connectivity index (χ4v) is 2.45. The molecule has 1 heterocycles. The number of halogens is 2. The van der Waals surface area contributed by atoms with Crippen LogP contribution in [0.2, 0.25) is 0 Å². The molecule has 1 aromatic carbocycles. The molecule has 2 aromatic rings. The molecule has 0 radical (unpaired) electrons. The normalized spacial score (nSPS) is 11.3. The van der Waals surface area contributed by atoms with Gasteiger partial charge in [0.1, 0.15) is 17.2 Å². The molecule has 2 rings (SSSR count). The van der Waals surface area contributed by atoms with Crippen LogP contribution in [0.4, 0.5) is 4.39 Å². The van der Waals surface area contributed by atoms with Gasteiger partial charge in [-0.3, -0.25) is 0 Å². The molecule has 0 saturated carbocycles. The van der Waals surface area contributed by atoms with Crippen molar-refractivity contribution in [3.05, 3.63) is 33.7 Å². The van der Waals surface area contributed by atoms with Crippen molar-refractivity contribution in [2.75, 3.05) is 6.54 Å². The Morgan fingerprint density at radius 1 is 1.33 bits per heavy atom. The van der Waals surface area contributed by atoms with Crippen LogP contribution >= 0.6 is 15.9 Å². The Hall–Kier alpha value is -0.870. The summed E-state index contributed by atoms with van der Waals surface area (Å²) in [5.41, 5.74) is 1.79. The Morgan fingerprint density at radius 3 is 2.78 bits per heavy atom. The number of nitrogens with one attached hydrogen (secondary N) is 1. The average Bonchev–Trinajstić information content (AvgIpc) is 2.67. The predicted molar refractivity (Wildman–Crippen MR) is 75.2 cm³/mol. The Bertz CT molecular complexity index is 550. The summed E-state index contributed by atoms with van der Waals surface area (Å²) >= 11 is 3.22. The fourth-order valence-electron chi connectivity index (χ4n) is 2.10. The Labute approximate surface area is 115 Å². The number of hydrogen-bond acceptors (Lipinski definition) is 2. The van der Waals surface area contributed by atoms with Crippen LogP contribution in [0.3, 0.4) is 0 Å². The second-order valence-electron chi connectivity index (χ2n) is 4.30. The average molecular weight is 314 g/mol. The van der Waals surface area contributed by atoms with E-state index in [9.17, 15) is 4.39 Å². The molecule has 0 aliphatic heterocycles. The maximum atomic E-state index is 13.5. The number of fused-ring (bicyclic) bond motifs is 1. The first-order valence-corrected chi connectivity index (χ1v) is 7.06. The van der Waals surface area contributed by atoms with E-state index in [1.165, 1.54) is 6.07 Å². The third-order valence-electron chi connectivity index (χ3n) is 2.98. The zero-order chi connectivity index (χ0) is 13.1. The van der Waals surface area contributed by atoms with Crippen LogP contribution in [0.1, 0.15) is 31.6 Å². The van der Waals surface area contributed by atoms with Gasteiger partial charge in [0.2, 0.25) is 0 Å². The van der Waals surface area contributed by atoms with E-state index in [-0.39, 0.29) is 5.82 Å². The van der Waals surface area contributed by atoms with Crippen molar-refractivity contribution >= 4 is 26.9 Å². The van der Waals surface area contributed by atoms with E-state index in [0.29, 0.717) is 16.6 Å². The minimum atomic E-state index is -0.285. The highest BCUT2D eigenvalue weighted by Gasteiger charge is 2.14. The predicted octanol–water partition coefficient (Wildman–Crippen LogP) is 4.40. The first kappa shape index (κ1) is 13.6.